The second-order valence-corrected chi connectivity index (χ2v) is 5.95. The Hall–Kier alpha value is -1.56. The molecule has 1 amide bonds. The summed E-state index contributed by atoms with van der Waals surface area (Å²) in [6.07, 6.45) is 2.62. The van der Waals surface area contributed by atoms with Gasteiger partial charge in [0.1, 0.15) is 5.82 Å². The van der Waals surface area contributed by atoms with E-state index < -0.39 is 0 Å². The molecular formula is C15H18Cl2N4O. The summed E-state index contributed by atoms with van der Waals surface area (Å²) < 4.78 is 1.65. The SMILES string of the molecule is CC(N)CCC(=O)Nc1ccnn1Cc1c(Cl)cccc1Cl. The Morgan fingerprint density at radius 2 is 2.05 bits per heavy atom. The number of amides is 1. The number of nitrogens with one attached hydrogen (secondary N) is 1. The lowest BCUT2D eigenvalue weighted by atomic mass is 10.2. The average Bonchev–Trinajstić information content (AvgIpc) is 2.88. The third-order valence-corrected chi connectivity index (χ3v) is 3.89. The van der Waals surface area contributed by atoms with Gasteiger partial charge in [-0.3, -0.25) is 4.79 Å². The van der Waals surface area contributed by atoms with E-state index in [4.69, 9.17) is 28.9 Å². The number of hydrogen-bond donors (Lipinski definition) is 2. The van der Waals surface area contributed by atoms with Crippen molar-refractivity contribution in [3.63, 3.8) is 0 Å². The Morgan fingerprint density at radius 1 is 1.36 bits per heavy atom. The van der Waals surface area contributed by atoms with Crippen LogP contribution in [-0.2, 0) is 11.3 Å². The number of carbonyl (C=O) groups excluding carboxylic acids is 1. The molecular weight excluding hydrogens is 323 g/mol. The summed E-state index contributed by atoms with van der Waals surface area (Å²) in [5, 5.41) is 8.16. The second-order valence-electron chi connectivity index (χ2n) is 5.14. The van der Waals surface area contributed by atoms with Crippen LogP contribution in [0.3, 0.4) is 0 Å². The summed E-state index contributed by atoms with van der Waals surface area (Å²) in [6, 6.07) is 7.06. The molecule has 0 bridgehead atoms. The van der Waals surface area contributed by atoms with Crippen molar-refractivity contribution >= 4 is 34.9 Å². The number of aromatic nitrogens is 2. The zero-order chi connectivity index (χ0) is 16.1. The second kappa shape index (κ2) is 7.63. The quantitative estimate of drug-likeness (QED) is 0.847. The van der Waals surface area contributed by atoms with Crippen LogP contribution in [0.4, 0.5) is 5.82 Å². The summed E-state index contributed by atoms with van der Waals surface area (Å²) in [7, 11) is 0. The first-order valence-corrected chi connectivity index (χ1v) is 7.73. The van der Waals surface area contributed by atoms with Crippen LogP contribution in [0.15, 0.2) is 30.5 Å². The topological polar surface area (TPSA) is 72.9 Å². The van der Waals surface area contributed by atoms with E-state index in [1.165, 1.54) is 0 Å². The standard InChI is InChI=1S/C15H18Cl2N4O/c1-10(18)5-6-15(22)20-14-7-8-19-21(14)9-11-12(16)3-2-4-13(11)17/h2-4,7-8,10H,5-6,9,18H2,1H3,(H,20,22). The molecule has 2 aromatic rings. The minimum atomic E-state index is -0.0932. The summed E-state index contributed by atoms with van der Waals surface area (Å²) in [5.74, 6) is 0.509. The molecule has 0 spiro atoms. The van der Waals surface area contributed by atoms with E-state index in [0.717, 1.165) is 5.56 Å². The molecule has 1 unspecified atom stereocenters. The summed E-state index contributed by atoms with van der Waals surface area (Å²) in [6.45, 7) is 2.26. The Kier molecular flexibility index (Phi) is 5.83. The summed E-state index contributed by atoms with van der Waals surface area (Å²) in [4.78, 5) is 11.9. The average molecular weight is 341 g/mol. The molecule has 1 heterocycles. The molecule has 1 aromatic heterocycles. The van der Waals surface area contributed by atoms with Gasteiger partial charge < -0.3 is 11.1 Å². The van der Waals surface area contributed by atoms with Crippen LogP contribution < -0.4 is 11.1 Å². The predicted octanol–water partition coefficient (Wildman–Crippen LogP) is 3.30. The fraction of sp³-hybridized carbons (Fsp3) is 0.333. The van der Waals surface area contributed by atoms with Crippen molar-refractivity contribution in [1.82, 2.24) is 9.78 Å². The van der Waals surface area contributed by atoms with Crippen LogP contribution >= 0.6 is 23.2 Å². The number of hydrogen-bond acceptors (Lipinski definition) is 3. The monoisotopic (exact) mass is 340 g/mol. The molecule has 0 aliphatic rings. The highest BCUT2D eigenvalue weighted by Crippen LogP contribution is 2.26. The number of carbonyl (C=O) groups is 1. The molecule has 2 rings (SSSR count). The lowest BCUT2D eigenvalue weighted by Crippen LogP contribution is -2.20. The molecule has 0 aliphatic heterocycles. The van der Waals surface area contributed by atoms with Gasteiger partial charge in [0.05, 0.1) is 12.7 Å². The Bertz CT molecular complexity index is 634. The van der Waals surface area contributed by atoms with Crippen molar-refractivity contribution in [2.24, 2.45) is 5.73 Å². The molecule has 0 saturated carbocycles. The van der Waals surface area contributed by atoms with Crippen LogP contribution in [0.2, 0.25) is 10.0 Å². The Morgan fingerprint density at radius 3 is 2.68 bits per heavy atom. The van der Waals surface area contributed by atoms with Gasteiger partial charge in [0.2, 0.25) is 5.91 Å². The third-order valence-electron chi connectivity index (χ3n) is 3.18. The molecule has 1 atom stereocenters. The van der Waals surface area contributed by atoms with Crippen molar-refractivity contribution in [3.05, 3.63) is 46.1 Å². The van der Waals surface area contributed by atoms with E-state index in [1.807, 2.05) is 6.92 Å². The highest BCUT2D eigenvalue weighted by molar-refractivity contribution is 6.35. The molecule has 1 aromatic carbocycles. The maximum atomic E-state index is 11.9. The minimum absolute atomic E-state index is 0.00223. The van der Waals surface area contributed by atoms with Gasteiger partial charge in [0.15, 0.2) is 0 Å². The Balaban J connectivity index is 2.08. The molecule has 0 fully saturated rings. The van der Waals surface area contributed by atoms with Crippen LogP contribution in [-0.4, -0.2) is 21.7 Å². The van der Waals surface area contributed by atoms with E-state index in [1.54, 1.807) is 35.1 Å². The fourth-order valence-electron chi connectivity index (χ4n) is 1.96. The van der Waals surface area contributed by atoms with Crippen molar-refractivity contribution in [2.75, 3.05) is 5.32 Å². The van der Waals surface area contributed by atoms with Crippen molar-refractivity contribution in [3.8, 4) is 0 Å². The maximum absolute atomic E-state index is 11.9. The van der Waals surface area contributed by atoms with Crippen LogP contribution in [0.5, 0.6) is 0 Å². The number of halogens is 2. The van der Waals surface area contributed by atoms with Gasteiger partial charge >= 0.3 is 0 Å². The summed E-state index contributed by atoms with van der Waals surface area (Å²) >= 11 is 12.3. The van der Waals surface area contributed by atoms with Gasteiger partial charge in [-0.25, -0.2) is 4.68 Å². The zero-order valence-electron chi connectivity index (χ0n) is 12.2. The molecule has 118 valence electrons. The van der Waals surface area contributed by atoms with Crippen LogP contribution in [0.1, 0.15) is 25.3 Å². The largest absolute Gasteiger partial charge is 0.328 e. The highest BCUT2D eigenvalue weighted by Gasteiger charge is 2.11. The van der Waals surface area contributed by atoms with E-state index in [9.17, 15) is 4.79 Å². The van der Waals surface area contributed by atoms with Crippen LogP contribution in [0, 0.1) is 0 Å². The first-order chi connectivity index (χ1) is 10.5. The normalized spacial score (nSPS) is 12.2. The molecule has 5 nitrogen and oxygen atoms in total. The number of rotatable bonds is 6. The predicted molar refractivity (Wildman–Crippen MR) is 89.3 cm³/mol. The highest BCUT2D eigenvalue weighted by atomic mass is 35.5. The molecule has 3 N–H and O–H groups in total. The number of nitrogens with two attached hydrogens (primary N) is 1. The van der Waals surface area contributed by atoms with Crippen LogP contribution in [0.25, 0.3) is 0 Å². The number of nitrogens with zero attached hydrogens (tertiary/aromatic N) is 2. The fourth-order valence-corrected chi connectivity index (χ4v) is 2.48. The first kappa shape index (κ1) is 16.8. The maximum Gasteiger partial charge on any atom is 0.225 e. The summed E-state index contributed by atoms with van der Waals surface area (Å²) in [5.41, 5.74) is 6.42. The van der Waals surface area contributed by atoms with Gasteiger partial charge in [-0.15, -0.1) is 0 Å². The van der Waals surface area contributed by atoms with Gasteiger partial charge in [-0.1, -0.05) is 29.3 Å². The number of benzene rings is 1. The first-order valence-electron chi connectivity index (χ1n) is 6.97. The zero-order valence-corrected chi connectivity index (χ0v) is 13.7. The van der Waals surface area contributed by atoms with Gasteiger partial charge in [0.25, 0.3) is 0 Å². The lowest BCUT2D eigenvalue weighted by molar-refractivity contribution is -0.116. The van der Waals surface area contributed by atoms with Crippen molar-refractivity contribution < 1.29 is 4.79 Å². The van der Waals surface area contributed by atoms with E-state index >= 15 is 0 Å². The molecule has 0 radical (unpaired) electrons. The van der Waals surface area contributed by atoms with Crippen molar-refractivity contribution in [2.45, 2.75) is 32.4 Å². The van der Waals surface area contributed by atoms with E-state index in [2.05, 4.69) is 10.4 Å². The molecule has 0 aliphatic carbocycles. The smallest absolute Gasteiger partial charge is 0.225 e. The minimum Gasteiger partial charge on any atom is -0.328 e. The van der Waals surface area contributed by atoms with E-state index in [-0.39, 0.29) is 11.9 Å². The van der Waals surface area contributed by atoms with Crippen molar-refractivity contribution in [1.29, 1.82) is 0 Å². The van der Waals surface area contributed by atoms with E-state index in [0.29, 0.717) is 35.2 Å². The molecule has 0 saturated heterocycles. The third kappa shape index (κ3) is 4.47. The Labute approximate surface area is 139 Å². The van der Waals surface area contributed by atoms with Gasteiger partial charge in [-0.2, -0.15) is 5.10 Å². The number of anilines is 1. The van der Waals surface area contributed by atoms with Gasteiger partial charge in [0, 0.05) is 34.1 Å². The lowest BCUT2D eigenvalue weighted by Gasteiger charge is -2.12. The molecule has 7 heteroatoms. The molecule has 22 heavy (non-hydrogen) atoms. The van der Waals surface area contributed by atoms with Gasteiger partial charge in [-0.05, 0) is 25.5 Å².